The molecule has 3 rings (SSSR count). The van der Waals surface area contributed by atoms with Crippen LogP contribution in [0.2, 0.25) is 0 Å². The summed E-state index contributed by atoms with van der Waals surface area (Å²) in [6.07, 6.45) is 5.54. The molecule has 2 amide bonds. The molecule has 7 heteroatoms. The summed E-state index contributed by atoms with van der Waals surface area (Å²) in [7, 11) is 0. The fourth-order valence-electron chi connectivity index (χ4n) is 2.23. The Morgan fingerprint density at radius 1 is 1.35 bits per heavy atom. The van der Waals surface area contributed by atoms with E-state index in [1.165, 1.54) is 12.5 Å². The summed E-state index contributed by atoms with van der Waals surface area (Å²) in [5.74, 6) is 0.935. The number of oxazole rings is 1. The van der Waals surface area contributed by atoms with Gasteiger partial charge in [0.25, 0.3) is 0 Å². The van der Waals surface area contributed by atoms with Crippen LogP contribution in [-0.2, 0) is 0 Å². The number of carbonyl (C=O) groups is 1. The first-order chi connectivity index (χ1) is 9.81. The lowest BCUT2D eigenvalue weighted by atomic mass is 10.3. The first-order valence-electron chi connectivity index (χ1n) is 6.44. The van der Waals surface area contributed by atoms with Crippen molar-refractivity contribution >= 4 is 17.9 Å². The van der Waals surface area contributed by atoms with Crippen LogP contribution < -0.4 is 15.5 Å². The molecule has 20 heavy (non-hydrogen) atoms. The first-order valence-corrected chi connectivity index (χ1v) is 6.44. The van der Waals surface area contributed by atoms with Gasteiger partial charge in [-0.25, -0.2) is 14.8 Å². The highest BCUT2D eigenvalue weighted by atomic mass is 16.4. The van der Waals surface area contributed by atoms with E-state index in [9.17, 15) is 4.79 Å². The van der Waals surface area contributed by atoms with Gasteiger partial charge in [-0.1, -0.05) is 6.07 Å². The molecule has 0 radical (unpaired) electrons. The minimum absolute atomic E-state index is 0.0898. The molecule has 1 unspecified atom stereocenters. The maximum absolute atomic E-state index is 11.8. The Balaban J connectivity index is 1.52. The summed E-state index contributed by atoms with van der Waals surface area (Å²) < 4.78 is 4.96. The summed E-state index contributed by atoms with van der Waals surface area (Å²) in [6.45, 7) is 1.62. The number of anilines is 2. The molecule has 7 nitrogen and oxygen atoms in total. The van der Waals surface area contributed by atoms with Crippen molar-refractivity contribution in [1.82, 2.24) is 15.3 Å². The second-order valence-corrected chi connectivity index (χ2v) is 4.56. The highest BCUT2D eigenvalue weighted by molar-refractivity contribution is 5.87. The summed E-state index contributed by atoms with van der Waals surface area (Å²) in [5, 5.41) is 5.44. The molecular weight excluding hydrogens is 258 g/mol. The Morgan fingerprint density at radius 3 is 3.05 bits per heavy atom. The molecular formula is C13H15N5O2. The highest BCUT2D eigenvalue weighted by Crippen LogP contribution is 2.17. The maximum atomic E-state index is 11.8. The Bertz CT molecular complexity index is 557. The second-order valence-electron chi connectivity index (χ2n) is 4.56. The minimum Gasteiger partial charge on any atom is -0.432 e. The summed E-state index contributed by atoms with van der Waals surface area (Å²) >= 11 is 0. The van der Waals surface area contributed by atoms with E-state index in [0.29, 0.717) is 0 Å². The van der Waals surface area contributed by atoms with Crippen molar-refractivity contribution in [2.45, 2.75) is 12.5 Å². The molecule has 2 N–H and O–H groups in total. The van der Waals surface area contributed by atoms with Crippen molar-refractivity contribution in [3.63, 3.8) is 0 Å². The molecule has 0 aliphatic carbocycles. The van der Waals surface area contributed by atoms with Crippen molar-refractivity contribution in [2.75, 3.05) is 23.3 Å². The number of urea groups is 1. The topological polar surface area (TPSA) is 83.3 Å². The normalized spacial score (nSPS) is 18.0. The van der Waals surface area contributed by atoms with E-state index in [1.54, 1.807) is 6.20 Å². The molecule has 1 aliphatic rings. The zero-order valence-corrected chi connectivity index (χ0v) is 10.8. The van der Waals surface area contributed by atoms with Gasteiger partial charge in [0.15, 0.2) is 0 Å². The zero-order chi connectivity index (χ0) is 13.8. The lowest BCUT2D eigenvalue weighted by molar-refractivity contribution is 0.248. The van der Waals surface area contributed by atoms with E-state index in [2.05, 4.69) is 25.5 Å². The van der Waals surface area contributed by atoms with Crippen molar-refractivity contribution in [1.29, 1.82) is 0 Å². The van der Waals surface area contributed by atoms with Gasteiger partial charge in [0, 0.05) is 25.3 Å². The van der Waals surface area contributed by atoms with Crippen LogP contribution in [0.5, 0.6) is 0 Å². The number of hydrogen-bond donors (Lipinski definition) is 2. The monoisotopic (exact) mass is 273 g/mol. The van der Waals surface area contributed by atoms with Crippen LogP contribution in [0.4, 0.5) is 16.6 Å². The number of nitrogens with zero attached hydrogens (tertiary/aromatic N) is 3. The van der Waals surface area contributed by atoms with Gasteiger partial charge in [0.05, 0.1) is 6.20 Å². The minimum atomic E-state index is -0.305. The molecule has 1 saturated heterocycles. The van der Waals surface area contributed by atoms with E-state index < -0.39 is 0 Å². The van der Waals surface area contributed by atoms with E-state index >= 15 is 0 Å². The number of pyridine rings is 1. The molecule has 1 aliphatic heterocycles. The Hall–Kier alpha value is -2.57. The van der Waals surface area contributed by atoms with Crippen LogP contribution >= 0.6 is 0 Å². The van der Waals surface area contributed by atoms with Gasteiger partial charge in [-0.15, -0.1) is 0 Å². The quantitative estimate of drug-likeness (QED) is 0.884. The largest absolute Gasteiger partial charge is 0.432 e. The average Bonchev–Trinajstić information content (AvgIpc) is 3.11. The first kappa shape index (κ1) is 12.5. The average molecular weight is 273 g/mol. The zero-order valence-electron chi connectivity index (χ0n) is 10.8. The van der Waals surface area contributed by atoms with Gasteiger partial charge in [-0.05, 0) is 18.6 Å². The van der Waals surface area contributed by atoms with E-state index in [1.807, 2.05) is 18.2 Å². The second kappa shape index (κ2) is 5.60. The molecule has 0 spiro atoms. The van der Waals surface area contributed by atoms with Gasteiger partial charge in [-0.2, -0.15) is 0 Å². The summed E-state index contributed by atoms with van der Waals surface area (Å²) in [4.78, 5) is 22.0. The Kier molecular flexibility index (Phi) is 3.49. The van der Waals surface area contributed by atoms with Crippen LogP contribution in [0, 0.1) is 0 Å². The number of hydrogen-bond acceptors (Lipinski definition) is 5. The predicted molar refractivity (Wildman–Crippen MR) is 73.5 cm³/mol. The fraction of sp³-hybridized carbons (Fsp3) is 0.308. The molecule has 2 aromatic rings. The highest BCUT2D eigenvalue weighted by Gasteiger charge is 2.24. The number of rotatable bonds is 3. The van der Waals surface area contributed by atoms with Crippen LogP contribution in [0.3, 0.4) is 0 Å². The molecule has 2 aromatic heterocycles. The van der Waals surface area contributed by atoms with Crippen molar-refractivity contribution in [3.8, 4) is 0 Å². The van der Waals surface area contributed by atoms with Crippen LogP contribution in [0.1, 0.15) is 6.42 Å². The Morgan fingerprint density at radius 2 is 2.30 bits per heavy atom. The third-order valence-electron chi connectivity index (χ3n) is 3.15. The SMILES string of the molecule is O=C(Nc1ncco1)NC1CCN(c2ccccn2)C1. The van der Waals surface area contributed by atoms with Crippen LogP contribution in [0.25, 0.3) is 0 Å². The molecule has 0 aromatic carbocycles. The molecule has 1 atom stereocenters. The smallest absolute Gasteiger partial charge is 0.323 e. The maximum Gasteiger partial charge on any atom is 0.323 e. The summed E-state index contributed by atoms with van der Waals surface area (Å²) in [5.41, 5.74) is 0. The van der Waals surface area contributed by atoms with Crippen LogP contribution in [-0.4, -0.2) is 35.1 Å². The number of carbonyl (C=O) groups excluding carboxylic acids is 1. The van der Waals surface area contributed by atoms with E-state index in [4.69, 9.17) is 4.42 Å². The molecule has 104 valence electrons. The van der Waals surface area contributed by atoms with Gasteiger partial charge in [-0.3, -0.25) is 5.32 Å². The number of aromatic nitrogens is 2. The van der Waals surface area contributed by atoms with Crippen molar-refractivity contribution in [2.24, 2.45) is 0 Å². The predicted octanol–water partition coefficient (Wildman–Crippen LogP) is 1.47. The third kappa shape index (κ3) is 2.87. The van der Waals surface area contributed by atoms with Crippen LogP contribution in [0.15, 0.2) is 41.3 Å². The lowest BCUT2D eigenvalue weighted by Gasteiger charge is -2.17. The van der Waals surface area contributed by atoms with Gasteiger partial charge >= 0.3 is 12.0 Å². The van der Waals surface area contributed by atoms with Crippen molar-refractivity contribution < 1.29 is 9.21 Å². The van der Waals surface area contributed by atoms with E-state index in [-0.39, 0.29) is 18.1 Å². The van der Waals surface area contributed by atoms with Crippen molar-refractivity contribution in [3.05, 3.63) is 36.9 Å². The fourth-order valence-corrected chi connectivity index (χ4v) is 2.23. The molecule has 1 fully saturated rings. The third-order valence-corrected chi connectivity index (χ3v) is 3.15. The summed E-state index contributed by atoms with van der Waals surface area (Å²) in [6, 6.07) is 5.79. The van der Waals surface area contributed by atoms with Gasteiger partial charge < -0.3 is 14.6 Å². The molecule has 3 heterocycles. The molecule has 0 bridgehead atoms. The van der Waals surface area contributed by atoms with Gasteiger partial charge in [0.2, 0.25) is 0 Å². The van der Waals surface area contributed by atoms with E-state index in [0.717, 1.165) is 25.3 Å². The Labute approximate surface area is 116 Å². The number of amides is 2. The van der Waals surface area contributed by atoms with Gasteiger partial charge in [0.1, 0.15) is 12.1 Å². The standard InChI is InChI=1S/C13H15N5O2/c19-12(17-13-15-6-8-20-13)16-10-4-7-18(9-10)11-3-1-2-5-14-11/h1-3,5-6,8,10H,4,7,9H2,(H2,15,16,17,19). The lowest BCUT2D eigenvalue weighted by Crippen LogP contribution is -2.39. The number of nitrogens with one attached hydrogen (secondary N) is 2. The molecule has 0 saturated carbocycles.